The summed E-state index contributed by atoms with van der Waals surface area (Å²) in [5.41, 5.74) is 7.78. The van der Waals surface area contributed by atoms with Crippen LogP contribution in [0.15, 0.2) is 22.7 Å². The van der Waals surface area contributed by atoms with Gasteiger partial charge in [0.15, 0.2) is 0 Å². The first kappa shape index (κ1) is 12.0. The molecule has 0 aliphatic carbocycles. The van der Waals surface area contributed by atoms with Crippen molar-refractivity contribution in [2.45, 2.75) is 6.92 Å². The third-order valence-corrected chi connectivity index (χ3v) is 3.41. The molecule has 0 fully saturated rings. The molecule has 2 rings (SSSR count). The minimum Gasteiger partial charge on any atom is -0.496 e. The van der Waals surface area contributed by atoms with Crippen molar-refractivity contribution < 1.29 is 4.74 Å². The molecule has 1 aromatic heterocycles. The number of nitrogens with zero attached hydrogens (tertiary/aromatic N) is 2. The molecule has 90 valence electrons. The summed E-state index contributed by atoms with van der Waals surface area (Å²) >= 11 is 3.45. The van der Waals surface area contributed by atoms with Crippen LogP contribution < -0.4 is 10.5 Å². The zero-order valence-electron chi connectivity index (χ0n) is 9.99. The Morgan fingerprint density at radius 1 is 1.41 bits per heavy atom. The lowest BCUT2D eigenvalue weighted by Gasteiger charge is -2.05. The molecule has 0 atom stereocenters. The summed E-state index contributed by atoms with van der Waals surface area (Å²) in [5.74, 6) is 2.35. The predicted molar refractivity (Wildman–Crippen MR) is 72.0 cm³/mol. The minimum atomic E-state index is 0.666. The van der Waals surface area contributed by atoms with E-state index in [1.165, 1.54) is 0 Å². The molecule has 0 radical (unpaired) electrons. The Hall–Kier alpha value is -1.49. The number of nitrogen functional groups attached to an aromatic ring is 1. The van der Waals surface area contributed by atoms with Gasteiger partial charge >= 0.3 is 0 Å². The van der Waals surface area contributed by atoms with Crippen LogP contribution in [-0.2, 0) is 7.05 Å². The van der Waals surface area contributed by atoms with E-state index < -0.39 is 0 Å². The first-order valence-electron chi connectivity index (χ1n) is 5.17. The second kappa shape index (κ2) is 4.41. The number of imidazole rings is 1. The highest BCUT2D eigenvalue weighted by molar-refractivity contribution is 9.10. The highest BCUT2D eigenvalue weighted by Gasteiger charge is 2.12. The molecular formula is C12H14BrN3O. The molecule has 0 saturated carbocycles. The molecule has 0 aliphatic rings. The fourth-order valence-electron chi connectivity index (χ4n) is 1.65. The summed E-state index contributed by atoms with van der Waals surface area (Å²) in [6.07, 6.45) is 0. The van der Waals surface area contributed by atoms with Crippen LogP contribution in [0.2, 0.25) is 0 Å². The largest absolute Gasteiger partial charge is 0.496 e. The molecule has 0 aliphatic heterocycles. The minimum absolute atomic E-state index is 0.666. The van der Waals surface area contributed by atoms with Crippen LogP contribution in [0.1, 0.15) is 5.82 Å². The van der Waals surface area contributed by atoms with Crippen molar-refractivity contribution in [3.8, 4) is 17.0 Å². The first-order valence-corrected chi connectivity index (χ1v) is 5.96. The standard InChI is InChI=1S/C12H14BrN3O/c1-7-15-11(12(14)16(7)2)8-4-5-10(17-3)9(13)6-8/h4-6H,14H2,1-3H3. The average Bonchev–Trinajstić information content (AvgIpc) is 2.57. The van der Waals surface area contributed by atoms with Crippen molar-refractivity contribution in [2.24, 2.45) is 7.05 Å². The van der Waals surface area contributed by atoms with Gasteiger partial charge in [-0.25, -0.2) is 4.98 Å². The van der Waals surface area contributed by atoms with E-state index >= 15 is 0 Å². The van der Waals surface area contributed by atoms with Gasteiger partial charge in [0.05, 0.1) is 11.6 Å². The Morgan fingerprint density at radius 2 is 2.12 bits per heavy atom. The van der Waals surface area contributed by atoms with Crippen molar-refractivity contribution >= 4 is 21.7 Å². The average molecular weight is 296 g/mol. The Morgan fingerprint density at radius 3 is 2.59 bits per heavy atom. The first-order chi connectivity index (χ1) is 8.04. The number of halogens is 1. The third kappa shape index (κ3) is 2.02. The van der Waals surface area contributed by atoms with Gasteiger partial charge in [-0.15, -0.1) is 0 Å². The second-order valence-corrected chi connectivity index (χ2v) is 4.66. The van der Waals surface area contributed by atoms with Crippen LogP contribution in [0, 0.1) is 6.92 Å². The van der Waals surface area contributed by atoms with Crippen molar-refractivity contribution in [1.82, 2.24) is 9.55 Å². The number of ether oxygens (including phenoxy) is 1. The molecule has 2 N–H and O–H groups in total. The molecular weight excluding hydrogens is 282 g/mol. The SMILES string of the molecule is COc1ccc(-c2nc(C)n(C)c2N)cc1Br. The number of rotatable bonds is 2. The fraction of sp³-hybridized carbons (Fsp3) is 0.250. The van der Waals surface area contributed by atoms with E-state index in [1.54, 1.807) is 7.11 Å². The lowest BCUT2D eigenvalue weighted by atomic mass is 10.1. The van der Waals surface area contributed by atoms with Gasteiger partial charge in [0.1, 0.15) is 23.1 Å². The van der Waals surface area contributed by atoms with Crippen molar-refractivity contribution in [2.75, 3.05) is 12.8 Å². The summed E-state index contributed by atoms with van der Waals surface area (Å²) in [6.45, 7) is 1.93. The number of methoxy groups -OCH3 is 1. The monoisotopic (exact) mass is 295 g/mol. The number of anilines is 1. The van der Waals surface area contributed by atoms with E-state index in [0.717, 1.165) is 27.3 Å². The summed E-state index contributed by atoms with van der Waals surface area (Å²) in [4.78, 5) is 4.45. The highest BCUT2D eigenvalue weighted by atomic mass is 79.9. The molecule has 1 aromatic carbocycles. The van der Waals surface area contributed by atoms with Crippen LogP contribution in [0.5, 0.6) is 5.75 Å². The number of nitrogens with two attached hydrogens (primary N) is 1. The van der Waals surface area contributed by atoms with Gasteiger partial charge in [-0.3, -0.25) is 0 Å². The maximum Gasteiger partial charge on any atom is 0.133 e. The van der Waals surface area contributed by atoms with E-state index in [-0.39, 0.29) is 0 Å². The quantitative estimate of drug-likeness (QED) is 0.927. The van der Waals surface area contributed by atoms with Crippen LogP contribution >= 0.6 is 15.9 Å². The molecule has 2 aromatic rings. The molecule has 0 bridgehead atoms. The van der Waals surface area contributed by atoms with E-state index in [2.05, 4.69) is 20.9 Å². The fourth-order valence-corrected chi connectivity index (χ4v) is 2.19. The summed E-state index contributed by atoms with van der Waals surface area (Å²) in [7, 11) is 3.54. The number of hydrogen-bond donors (Lipinski definition) is 1. The Bertz CT molecular complexity index is 563. The van der Waals surface area contributed by atoms with Gasteiger partial charge in [-0.05, 0) is 41.1 Å². The van der Waals surface area contributed by atoms with Crippen molar-refractivity contribution in [1.29, 1.82) is 0 Å². The number of aromatic nitrogens is 2. The van der Waals surface area contributed by atoms with Gasteiger partial charge in [0.2, 0.25) is 0 Å². The lowest BCUT2D eigenvalue weighted by Crippen LogP contribution is -1.98. The summed E-state index contributed by atoms with van der Waals surface area (Å²) in [6, 6.07) is 5.79. The van der Waals surface area contributed by atoms with Crippen LogP contribution in [-0.4, -0.2) is 16.7 Å². The third-order valence-electron chi connectivity index (χ3n) is 2.79. The predicted octanol–water partition coefficient (Wildman–Crippen LogP) is 2.75. The second-order valence-electron chi connectivity index (χ2n) is 3.80. The van der Waals surface area contributed by atoms with Gasteiger partial charge < -0.3 is 15.0 Å². The van der Waals surface area contributed by atoms with E-state index in [4.69, 9.17) is 10.5 Å². The van der Waals surface area contributed by atoms with Gasteiger partial charge in [0, 0.05) is 12.6 Å². The molecule has 5 heteroatoms. The zero-order chi connectivity index (χ0) is 12.6. The lowest BCUT2D eigenvalue weighted by molar-refractivity contribution is 0.412. The number of aryl methyl sites for hydroxylation is 1. The van der Waals surface area contributed by atoms with Gasteiger partial charge in [-0.2, -0.15) is 0 Å². The maximum atomic E-state index is 6.01. The van der Waals surface area contributed by atoms with Gasteiger partial charge in [0.25, 0.3) is 0 Å². The topological polar surface area (TPSA) is 53.1 Å². The van der Waals surface area contributed by atoms with Gasteiger partial charge in [-0.1, -0.05) is 0 Å². The molecule has 0 saturated heterocycles. The molecule has 0 unspecified atom stereocenters. The summed E-state index contributed by atoms with van der Waals surface area (Å²) < 4.78 is 7.95. The molecule has 1 heterocycles. The Kier molecular flexibility index (Phi) is 3.11. The Balaban J connectivity index is 2.53. The van der Waals surface area contributed by atoms with E-state index in [9.17, 15) is 0 Å². The van der Waals surface area contributed by atoms with E-state index in [0.29, 0.717) is 5.82 Å². The van der Waals surface area contributed by atoms with Crippen LogP contribution in [0.3, 0.4) is 0 Å². The highest BCUT2D eigenvalue weighted by Crippen LogP contribution is 2.32. The Labute approximate surface area is 109 Å². The van der Waals surface area contributed by atoms with Crippen molar-refractivity contribution in [3.63, 3.8) is 0 Å². The normalized spacial score (nSPS) is 10.6. The molecule has 4 nitrogen and oxygen atoms in total. The summed E-state index contributed by atoms with van der Waals surface area (Å²) in [5, 5.41) is 0. The number of benzene rings is 1. The molecule has 0 amide bonds. The van der Waals surface area contributed by atoms with E-state index in [1.807, 2.05) is 36.7 Å². The number of hydrogen-bond acceptors (Lipinski definition) is 3. The molecule has 0 spiro atoms. The van der Waals surface area contributed by atoms with Crippen molar-refractivity contribution in [3.05, 3.63) is 28.5 Å². The van der Waals surface area contributed by atoms with Crippen LogP contribution in [0.4, 0.5) is 5.82 Å². The zero-order valence-corrected chi connectivity index (χ0v) is 11.6. The smallest absolute Gasteiger partial charge is 0.133 e. The maximum absolute atomic E-state index is 6.01. The molecule has 17 heavy (non-hydrogen) atoms. The van der Waals surface area contributed by atoms with Crippen LogP contribution in [0.25, 0.3) is 11.3 Å².